The average Bonchev–Trinajstić information content (AvgIpc) is 3.26. The second-order valence-electron chi connectivity index (χ2n) is 5.17. The van der Waals surface area contributed by atoms with Crippen molar-refractivity contribution < 1.29 is 19.4 Å². The van der Waals surface area contributed by atoms with E-state index in [2.05, 4.69) is 0 Å². The first kappa shape index (κ1) is 15.1. The fraction of sp³-hybridized carbons (Fsp3) is 0.375. The molecule has 21 heavy (non-hydrogen) atoms. The largest absolute Gasteiger partial charge is 0.496 e. The molecule has 1 aliphatic rings. The third-order valence-electron chi connectivity index (χ3n) is 3.37. The lowest BCUT2D eigenvalue weighted by Gasteiger charge is -2.18. The smallest absolute Gasteiger partial charge is 0.323 e. The number of carbonyl (C=O) groups excluding carboxylic acids is 1. The summed E-state index contributed by atoms with van der Waals surface area (Å²) in [4.78, 5) is 24.4. The highest BCUT2D eigenvalue weighted by atomic mass is 16.5. The molecule has 0 unspecified atom stereocenters. The van der Waals surface area contributed by atoms with Gasteiger partial charge in [0.05, 0.1) is 7.11 Å². The Hall–Kier alpha value is -2.30. The zero-order valence-electron chi connectivity index (χ0n) is 12.2. The average molecular weight is 289 g/mol. The lowest BCUT2D eigenvalue weighted by atomic mass is 10.1. The van der Waals surface area contributed by atoms with E-state index in [-0.39, 0.29) is 18.5 Å². The summed E-state index contributed by atoms with van der Waals surface area (Å²) in [6.45, 7) is 1.71. The Morgan fingerprint density at radius 3 is 2.71 bits per heavy atom. The standard InChI is InChI=1S/C16H19NO4/c1-11-3-7-14(21-2)12(9-11)4-8-15(18)17(10-16(19)20)13-5-6-13/h3-4,7-9,13H,5-6,10H2,1-2H3,(H,19,20)/b8-4+. The number of carboxylic acids is 1. The van der Waals surface area contributed by atoms with Gasteiger partial charge in [0.25, 0.3) is 0 Å². The third-order valence-corrected chi connectivity index (χ3v) is 3.37. The molecule has 0 aromatic heterocycles. The number of methoxy groups -OCH3 is 1. The van der Waals surface area contributed by atoms with Crippen molar-refractivity contribution in [2.45, 2.75) is 25.8 Å². The van der Waals surface area contributed by atoms with Gasteiger partial charge in [0.2, 0.25) is 5.91 Å². The van der Waals surface area contributed by atoms with Gasteiger partial charge in [0.15, 0.2) is 0 Å². The van der Waals surface area contributed by atoms with Crippen LogP contribution < -0.4 is 4.74 Å². The van der Waals surface area contributed by atoms with Crippen molar-refractivity contribution in [2.24, 2.45) is 0 Å². The van der Waals surface area contributed by atoms with Gasteiger partial charge in [0, 0.05) is 17.7 Å². The van der Waals surface area contributed by atoms with E-state index in [1.54, 1.807) is 13.2 Å². The van der Waals surface area contributed by atoms with Crippen molar-refractivity contribution in [1.82, 2.24) is 4.90 Å². The molecular weight excluding hydrogens is 270 g/mol. The molecule has 112 valence electrons. The molecule has 0 saturated heterocycles. The number of rotatable bonds is 6. The number of hydrogen-bond acceptors (Lipinski definition) is 3. The molecule has 1 N–H and O–H groups in total. The Bertz CT molecular complexity index is 576. The van der Waals surface area contributed by atoms with E-state index in [4.69, 9.17) is 9.84 Å². The van der Waals surface area contributed by atoms with Crippen molar-refractivity contribution in [1.29, 1.82) is 0 Å². The number of benzene rings is 1. The molecule has 1 amide bonds. The van der Waals surface area contributed by atoms with Crippen LogP contribution in [0.4, 0.5) is 0 Å². The van der Waals surface area contributed by atoms with Crippen LogP contribution >= 0.6 is 0 Å². The molecule has 0 radical (unpaired) electrons. The van der Waals surface area contributed by atoms with Crippen molar-refractivity contribution in [3.05, 3.63) is 35.4 Å². The van der Waals surface area contributed by atoms with Crippen molar-refractivity contribution in [2.75, 3.05) is 13.7 Å². The first-order chi connectivity index (χ1) is 10.0. The van der Waals surface area contributed by atoms with Gasteiger partial charge < -0.3 is 14.7 Å². The highest BCUT2D eigenvalue weighted by Gasteiger charge is 2.32. The Morgan fingerprint density at radius 2 is 2.14 bits per heavy atom. The first-order valence-electron chi connectivity index (χ1n) is 6.86. The highest BCUT2D eigenvalue weighted by molar-refractivity contribution is 5.94. The molecule has 1 aliphatic carbocycles. The van der Waals surface area contributed by atoms with E-state index in [1.165, 1.54) is 11.0 Å². The highest BCUT2D eigenvalue weighted by Crippen LogP contribution is 2.27. The number of hydrogen-bond donors (Lipinski definition) is 1. The number of aryl methyl sites for hydroxylation is 1. The van der Waals surface area contributed by atoms with E-state index in [0.717, 1.165) is 24.0 Å². The topological polar surface area (TPSA) is 66.8 Å². The molecule has 0 heterocycles. The van der Waals surface area contributed by atoms with Crippen LogP contribution in [0.5, 0.6) is 5.75 Å². The van der Waals surface area contributed by atoms with Gasteiger partial charge >= 0.3 is 5.97 Å². The van der Waals surface area contributed by atoms with Crippen LogP contribution in [0, 0.1) is 6.92 Å². The lowest BCUT2D eigenvalue weighted by molar-refractivity contribution is -0.143. The van der Waals surface area contributed by atoms with Crippen LogP contribution in [0.15, 0.2) is 24.3 Å². The van der Waals surface area contributed by atoms with Crippen LogP contribution in [-0.2, 0) is 9.59 Å². The molecule has 0 bridgehead atoms. The van der Waals surface area contributed by atoms with Gasteiger partial charge in [-0.15, -0.1) is 0 Å². The molecule has 5 nitrogen and oxygen atoms in total. The number of nitrogens with zero attached hydrogens (tertiary/aromatic N) is 1. The molecule has 2 rings (SSSR count). The van der Waals surface area contributed by atoms with Gasteiger partial charge in [-0.05, 0) is 38.0 Å². The molecule has 1 aromatic rings. The van der Waals surface area contributed by atoms with Crippen LogP contribution in [0.1, 0.15) is 24.0 Å². The lowest BCUT2D eigenvalue weighted by Crippen LogP contribution is -2.36. The molecule has 1 saturated carbocycles. The Balaban J connectivity index is 2.13. The van der Waals surface area contributed by atoms with E-state index in [0.29, 0.717) is 5.75 Å². The number of amides is 1. The van der Waals surface area contributed by atoms with Crippen molar-refractivity contribution in [3.8, 4) is 5.75 Å². The Morgan fingerprint density at radius 1 is 1.43 bits per heavy atom. The summed E-state index contributed by atoms with van der Waals surface area (Å²) < 4.78 is 5.25. The SMILES string of the molecule is COc1ccc(C)cc1/C=C/C(=O)N(CC(=O)O)C1CC1. The van der Waals surface area contributed by atoms with Gasteiger partial charge in [-0.2, -0.15) is 0 Å². The molecule has 1 aromatic carbocycles. The third kappa shape index (κ3) is 4.08. The zero-order valence-corrected chi connectivity index (χ0v) is 12.2. The van der Waals surface area contributed by atoms with Crippen molar-refractivity contribution in [3.63, 3.8) is 0 Å². The molecule has 5 heteroatoms. The zero-order chi connectivity index (χ0) is 15.4. The van der Waals surface area contributed by atoms with Gasteiger partial charge in [0.1, 0.15) is 12.3 Å². The summed E-state index contributed by atoms with van der Waals surface area (Å²) >= 11 is 0. The normalized spacial score (nSPS) is 14.2. The minimum absolute atomic E-state index is 0.0673. The molecule has 1 fully saturated rings. The van der Waals surface area contributed by atoms with Crippen LogP contribution in [0.2, 0.25) is 0 Å². The quantitative estimate of drug-likeness (QED) is 0.814. The summed E-state index contributed by atoms with van der Waals surface area (Å²) in [6.07, 6.45) is 4.84. The number of aliphatic carboxylic acids is 1. The van der Waals surface area contributed by atoms with Gasteiger partial charge in [-0.3, -0.25) is 9.59 Å². The maximum Gasteiger partial charge on any atom is 0.323 e. The van der Waals surface area contributed by atoms with E-state index >= 15 is 0 Å². The maximum absolute atomic E-state index is 12.2. The fourth-order valence-corrected chi connectivity index (χ4v) is 2.16. The van der Waals surface area contributed by atoms with E-state index < -0.39 is 5.97 Å². The molecule has 0 aliphatic heterocycles. The second kappa shape index (κ2) is 6.43. The minimum atomic E-state index is -0.989. The van der Waals surface area contributed by atoms with E-state index in [1.807, 2.05) is 25.1 Å². The Kier molecular flexibility index (Phi) is 4.62. The van der Waals surface area contributed by atoms with Gasteiger partial charge in [-0.1, -0.05) is 11.6 Å². The maximum atomic E-state index is 12.2. The van der Waals surface area contributed by atoms with Crippen LogP contribution in [-0.4, -0.2) is 41.6 Å². The van der Waals surface area contributed by atoms with Crippen LogP contribution in [0.25, 0.3) is 6.08 Å². The predicted octanol–water partition coefficient (Wildman–Crippen LogP) is 2.09. The van der Waals surface area contributed by atoms with E-state index in [9.17, 15) is 9.59 Å². The molecule has 0 spiro atoms. The monoisotopic (exact) mass is 289 g/mol. The summed E-state index contributed by atoms with van der Waals surface area (Å²) in [6, 6.07) is 5.76. The fourth-order valence-electron chi connectivity index (χ4n) is 2.16. The molecule has 0 atom stereocenters. The number of carbonyl (C=O) groups is 2. The summed E-state index contributed by atoms with van der Waals surface area (Å²) in [5.41, 5.74) is 1.87. The van der Waals surface area contributed by atoms with Crippen molar-refractivity contribution >= 4 is 18.0 Å². The number of ether oxygens (including phenoxy) is 1. The summed E-state index contributed by atoms with van der Waals surface area (Å²) in [7, 11) is 1.57. The number of carboxylic acid groups (broad SMARTS) is 1. The first-order valence-corrected chi connectivity index (χ1v) is 6.86. The second-order valence-corrected chi connectivity index (χ2v) is 5.17. The Labute approximate surface area is 123 Å². The minimum Gasteiger partial charge on any atom is -0.496 e. The summed E-state index contributed by atoms with van der Waals surface area (Å²) in [5, 5.41) is 8.88. The van der Waals surface area contributed by atoms with Crippen LogP contribution in [0.3, 0.4) is 0 Å². The van der Waals surface area contributed by atoms with Gasteiger partial charge in [-0.25, -0.2) is 0 Å². The molecular formula is C16H19NO4. The summed E-state index contributed by atoms with van der Waals surface area (Å²) in [5.74, 6) is -0.582. The predicted molar refractivity (Wildman–Crippen MR) is 79.1 cm³/mol.